The molecule has 0 atom stereocenters. The molecule has 108 valence electrons. The third-order valence-corrected chi connectivity index (χ3v) is 5.40. The van der Waals surface area contributed by atoms with Crippen molar-refractivity contribution in [3.05, 3.63) is 31.4 Å². The number of hydrogen-bond acceptors (Lipinski definition) is 5. The van der Waals surface area contributed by atoms with Crippen LogP contribution < -0.4 is 5.32 Å². The second kappa shape index (κ2) is 5.61. The highest BCUT2D eigenvalue weighted by Gasteiger charge is 2.19. The van der Waals surface area contributed by atoms with Gasteiger partial charge in [0.15, 0.2) is 0 Å². The Hall–Kier alpha value is -1.27. The van der Waals surface area contributed by atoms with Gasteiger partial charge in [-0.25, -0.2) is 0 Å². The van der Waals surface area contributed by atoms with Gasteiger partial charge in [0, 0.05) is 15.7 Å². The summed E-state index contributed by atoms with van der Waals surface area (Å²) in [7, 11) is 0. The van der Waals surface area contributed by atoms with E-state index in [1.165, 1.54) is 4.88 Å². The molecule has 0 aliphatic rings. The molecule has 2 aromatic heterocycles. The molecule has 0 bridgehead atoms. The molecule has 0 unspecified atom stereocenters. The summed E-state index contributed by atoms with van der Waals surface area (Å²) in [5.41, 5.74) is 1.81. The summed E-state index contributed by atoms with van der Waals surface area (Å²) in [5.74, 6) is -0.0423. The lowest BCUT2D eigenvalue weighted by atomic mass is 9.98. The zero-order valence-corrected chi connectivity index (χ0v) is 14.0. The van der Waals surface area contributed by atoms with Crippen molar-refractivity contribution >= 4 is 28.6 Å². The highest BCUT2D eigenvalue weighted by Crippen LogP contribution is 2.25. The Balaban J connectivity index is 2.00. The van der Waals surface area contributed by atoms with Crippen molar-refractivity contribution < 1.29 is 4.79 Å². The van der Waals surface area contributed by atoms with Crippen molar-refractivity contribution in [1.82, 2.24) is 15.5 Å². The molecule has 20 heavy (non-hydrogen) atoms. The zero-order chi connectivity index (χ0) is 14.9. The maximum absolute atomic E-state index is 12.1. The molecule has 0 aliphatic heterocycles. The van der Waals surface area contributed by atoms with Gasteiger partial charge in [0.1, 0.15) is 10.0 Å². The molecule has 0 aromatic carbocycles. The van der Waals surface area contributed by atoms with Gasteiger partial charge in [-0.05, 0) is 19.4 Å². The monoisotopic (exact) mass is 309 g/mol. The van der Waals surface area contributed by atoms with Crippen molar-refractivity contribution in [1.29, 1.82) is 0 Å². The van der Waals surface area contributed by atoms with E-state index in [0.717, 1.165) is 21.1 Å². The largest absolute Gasteiger partial charge is 0.345 e. The van der Waals surface area contributed by atoms with Crippen molar-refractivity contribution in [3.63, 3.8) is 0 Å². The third-order valence-electron chi connectivity index (χ3n) is 3.04. The molecule has 2 heterocycles. The fourth-order valence-electron chi connectivity index (χ4n) is 1.62. The second-order valence-corrected chi connectivity index (χ2v) is 7.91. The predicted molar refractivity (Wildman–Crippen MR) is 83.6 cm³/mol. The number of rotatable bonds is 3. The molecule has 0 saturated carbocycles. The van der Waals surface area contributed by atoms with Crippen LogP contribution in [0.3, 0.4) is 0 Å². The maximum Gasteiger partial charge on any atom is 0.252 e. The lowest BCUT2D eigenvalue weighted by Gasteiger charge is -2.12. The van der Waals surface area contributed by atoms with Crippen LogP contribution in [0.1, 0.15) is 51.6 Å². The van der Waals surface area contributed by atoms with E-state index in [9.17, 15) is 4.79 Å². The molecule has 2 aromatic rings. The molecule has 0 spiro atoms. The number of aryl methyl sites for hydroxylation is 1. The van der Waals surface area contributed by atoms with Gasteiger partial charge in [0.25, 0.3) is 5.91 Å². The topological polar surface area (TPSA) is 54.9 Å². The molecule has 0 aliphatic carbocycles. The Morgan fingerprint density at radius 3 is 2.50 bits per heavy atom. The Labute approximate surface area is 127 Å². The first-order valence-corrected chi connectivity index (χ1v) is 8.14. The van der Waals surface area contributed by atoms with Crippen molar-refractivity contribution in [2.75, 3.05) is 0 Å². The minimum absolute atomic E-state index is 0.000976. The summed E-state index contributed by atoms with van der Waals surface area (Å²) >= 11 is 3.15. The minimum Gasteiger partial charge on any atom is -0.345 e. The van der Waals surface area contributed by atoms with E-state index < -0.39 is 0 Å². The SMILES string of the molecule is Cc1scc(C(=O)NCc2nnc(C(C)(C)C)s2)c1C. The van der Waals surface area contributed by atoms with Gasteiger partial charge in [-0.2, -0.15) is 0 Å². The third kappa shape index (κ3) is 3.24. The van der Waals surface area contributed by atoms with Crippen LogP contribution in [0.15, 0.2) is 5.38 Å². The highest BCUT2D eigenvalue weighted by molar-refractivity contribution is 7.11. The summed E-state index contributed by atoms with van der Waals surface area (Å²) < 4.78 is 0. The van der Waals surface area contributed by atoms with Crippen LogP contribution in [-0.2, 0) is 12.0 Å². The van der Waals surface area contributed by atoms with Crippen LogP contribution in [0.5, 0.6) is 0 Å². The van der Waals surface area contributed by atoms with E-state index in [1.807, 2.05) is 19.2 Å². The fourth-order valence-corrected chi connectivity index (χ4v) is 3.32. The molecule has 0 radical (unpaired) electrons. The number of amides is 1. The number of carbonyl (C=O) groups excluding carboxylic acids is 1. The summed E-state index contributed by atoms with van der Waals surface area (Å²) in [5, 5.41) is 15.0. The molecule has 0 fully saturated rings. The highest BCUT2D eigenvalue weighted by atomic mass is 32.1. The van der Waals surface area contributed by atoms with Crippen LogP contribution >= 0.6 is 22.7 Å². The van der Waals surface area contributed by atoms with E-state index in [4.69, 9.17) is 0 Å². The van der Waals surface area contributed by atoms with E-state index in [0.29, 0.717) is 6.54 Å². The summed E-state index contributed by atoms with van der Waals surface area (Å²) in [6.07, 6.45) is 0. The second-order valence-electron chi connectivity index (χ2n) is 5.76. The van der Waals surface area contributed by atoms with Crippen molar-refractivity contribution in [2.45, 2.75) is 46.6 Å². The normalized spacial score (nSPS) is 11.7. The minimum atomic E-state index is -0.0423. The molecule has 4 nitrogen and oxygen atoms in total. The van der Waals surface area contributed by atoms with Crippen LogP contribution in [0.2, 0.25) is 0 Å². The molecule has 1 N–H and O–H groups in total. The van der Waals surface area contributed by atoms with E-state index in [-0.39, 0.29) is 11.3 Å². The van der Waals surface area contributed by atoms with E-state index in [1.54, 1.807) is 22.7 Å². The zero-order valence-electron chi connectivity index (χ0n) is 12.4. The first-order chi connectivity index (χ1) is 9.29. The van der Waals surface area contributed by atoms with Crippen LogP contribution in [0.25, 0.3) is 0 Å². The van der Waals surface area contributed by atoms with Gasteiger partial charge >= 0.3 is 0 Å². The smallest absolute Gasteiger partial charge is 0.252 e. The number of hydrogen-bond donors (Lipinski definition) is 1. The molecule has 6 heteroatoms. The molecule has 1 amide bonds. The molecule has 2 rings (SSSR count). The van der Waals surface area contributed by atoms with Gasteiger partial charge in [0.05, 0.1) is 12.1 Å². The van der Waals surface area contributed by atoms with E-state index in [2.05, 4.69) is 36.3 Å². The number of thiophene rings is 1. The molecular weight excluding hydrogens is 290 g/mol. The molecular formula is C14H19N3OS2. The van der Waals surface area contributed by atoms with Crippen molar-refractivity contribution in [3.8, 4) is 0 Å². The van der Waals surface area contributed by atoms with Crippen LogP contribution in [0.4, 0.5) is 0 Å². The first kappa shape index (κ1) is 15.1. The van der Waals surface area contributed by atoms with Crippen LogP contribution in [0, 0.1) is 13.8 Å². The lowest BCUT2D eigenvalue weighted by molar-refractivity contribution is 0.0950. The van der Waals surface area contributed by atoms with Gasteiger partial charge in [0.2, 0.25) is 0 Å². The lowest BCUT2D eigenvalue weighted by Crippen LogP contribution is -2.22. The Bertz CT molecular complexity index is 623. The Morgan fingerprint density at radius 2 is 2.00 bits per heavy atom. The quantitative estimate of drug-likeness (QED) is 0.945. The van der Waals surface area contributed by atoms with Gasteiger partial charge in [-0.15, -0.1) is 21.5 Å². The van der Waals surface area contributed by atoms with Gasteiger partial charge in [-0.1, -0.05) is 32.1 Å². The number of carbonyl (C=O) groups is 1. The summed E-state index contributed by atoms with van der Waals surface area (Å²) in [6, 6.07) is 0. The summed E-state index contributed by atoms with van der Waals surface area (Å²) in [6.45, 7) is 10.7. The Kier molecular flexibility index (Phi) is 4.25. The molecule has 0 saturated heterocycles. The Morgan fingerprint density at radius 1 is 1.30 bits per heavy atom. The predicted octanol–water partition coefficient (Wildman–Crippen LogP) is 3.44. The van der Waals surface area contributed by atoms with Gasteiger partial charge < -0.3 is 5.32 Å². The average Bonchev–Trinajstić information content (AvgIpc) is 2.95. The van der Waals surface area contributed by atoms with E-state index >= 15 is 0 Å². The average molecular weight is 309 g/mol. The standard InChI is InChI=1S/C14H19N3OS2/c1-8-9(2)19-7-10(8)12(18)15-6-11-16-17-13(20-11)14(3,4)5/h7H,6H2,1-5H3,(H,15,18). The summed E-state index contributed by atoms with van der Waals surface area (Å²) in [4.78, 5) is 13.3. The fraction of sp³-hybridized carbons (Fsp3) is 0.500. The van der Waals surface area contributed by atoms with Crippen LogP contribution in [-0.4, -0.2) is 16.1 Å². The number of aromatic nitrogens is 2. The van der Waals surface area contributed by atoms with Gasteiger partial charge in [-0.3, -0.25) is 4.79 Å². The van der Waals surface area contributed by atoms with Crippen molar-refractivity contribution in [2.24, 2.45) is 0 Å². The number of nitrogens with zero attached hydrogens (tertiary/aromatic N) is 2. The maximum atomic E-state index is 12.1. The first-order valence-electron chi connectivity index (χ1n) is 6.45. The number of nitrogens with one attached hydrogen (secondary N) is 1.